The van der Waals surface area contributed by atoms with Crippen LogP contribution in [0.5, 0.6) is 0 Å². The van der Waals surface area contributed by atoms with Gasteiger partial charge in [-0.05, 0) is 29.8 Å². The van der Waals surface area contributed by atoms with Crippen molar-refractivity contribution in [3.8, 4) is 0 Å². The first-order chi connectivity index (χ1) is 10.1. The van der Waals surface area contributed by atoms with Crippen molar-refractivity contribution < 1.29 is 14.7 Å². The van der Waals surface area contributed by atoms with Gasteiger partial charge in [0.05, 0.1) is 12.6 Å². The number of aliphatic hydroxyl groups excluding tert-OH is 1. The minimum Gasteiger partial charge on any atom is -0.392 e. The Balaban J connectivity index is 1.94. The third kappa shape index (κ3) is 4.29. The van der Waals surface area contributed by atoms with E-state index in [1.807, 2.05) is 30.3 Å². The molecule has 0 aromatic heterocycles. The largest absolute Gasteiger partial charge is 0.392 e. The normalized spacial score (nSPS) is 11.9. The third-order valence-corrected chi connectivity index (χ3v) is 3.02. The molecular formula is C16H18N2O3. The summed E-state index contributed by atoms with van der Waals surface area (Å²) in [5.74, 6) is -0.627. The number of benzene rings is 2. The Labute approximate surface area is 123 Å². The Kier molecular flexibility index (Phi) is 4.90. The van der Waals surface area contributed by atoms with E-state index >= 15 is 0 Å². The Hall–Kier alpha value is -2.40. The van der Waals surface area contributed by atoms with Gasteiger partial charge in [0.25, 0.3) is 5.91 Å². The Bertz CT molecular complexity index is 653. The van der Waals surface area contributed by atoms with Crippen molar-refractivity contribution in [3.63, 3.8) is 0 Å². The topological polar surface area (TPSA) is 78.4 Å². The molecular weight excluding hydrogens is 268 g/mol. The molecule has 0 fully saturated rings. The minimum atomic E-state index is -0.606. The molecule has 0 saturated carbocycles. The van der Waals surface area contributed by atoms with E-state index in [-0.39, 0.29) is 24.9 Å². The zero-order valence-corrected chi connectivity index (χ0v) is 11.8. The average molecular weight is 286 g/mol. The average Bonchev–Trinajstić information content (AvgIpc) is 2.50. The fraction of sp³-hybridized carbons (Fsp3) is 0.250. The molecule has 3 N–H and O–H groups in total. The van der Waals surface area contributed by atoms with Gasteiger partial charge in [-0.15, -0.1) is 0 Å². The van der Waals surface area contributed by atoms with E-state index in [1.165, 1.54) is 0 Å². The van der Waals surface area contributed by atoms with Gasteiger partial charge < -0.3 is 15.7 Å². The molecule has 5 nitrogen and oxygen atoms in total. The van der Waals surface area contributed by atoms with Crippen molar-refractivity contribution >= 4 is 22.6 Å². The lowest BCUT2D eigenvalue weighted by molar-refractivity contribution is -0.120. The number of aliphatic hydroxyl groups is 1. The Morgan fingerprint density at radius 2 is 1.81 bits per heavy atom. The van der Waals surface area contributed by atoms with Crippen molar-refractivity contribution in [2.24, 2.45) is 0 Å². The Morgan fingerprint density at radius 3 is 2.52 bits per heavy atom. The number of fused-ring (bicyclic) bond motifs is 1. The highest BCUT2D eigenvalue weighted by Gasteiger charge is 2.09. The molecule has 0 aliphatic carbocycles. The van der Waals surface area contributed by atoms with E-state index in [2.05, 4.69) is 10.6 Å². The highest BCUT2D eigenvalue weighted by atomic mass is 16.3. The molecule has 2 amide bonds. The van der Waals surface area contributed by atoms with Crippen LogP contribution in [-0.4, -0.2) is 36.1 Å². The van der Waals surface area contributed by atoms with E-state index in [0.717, 1.165) is 10.8 Å². The van der Waals surface area contributed by atoms with Crippen LogP contribution in [0, 0.1) is 0 Å². The summed E-state index contributed by atoms with van der Waals surface area (Å²) in [6.45, 7) is 1.64. The van der Waals surface area contributed by atoms with E-state index in [0.29, 0.717) is 5.56 Å². The molecule has 0 heterocycles. The van der Waals surface area contributed by atoms with E-state index in [4.69, 9.17) is 5.11 Å². The summed E-state index contributed by atoms with van der Waals surface area (Å²) in [6, 6.07) is 13.1. The zero-order valence-electron chi connectivity index (χ0n) is 11.8. The monoisotopic (exact) mass is 286 g/mol. The second-order valence-corrected chi connectivity index (χ2v) is 4.90. The predicted octanol–water partition coefficient (Wildman–Crippen LogP) is 1.07. The highest BCUT2D eigenvalue weighted by Crippen LogP contribution is 2.15. The number of hydrogen-bond acceptors (Lipinski definition) is 3. The number of amides is 2. The quantitative estimate of drug-likeness (QED) is 0.769. The first-order valence-corrected chi connectivity index (χ1v) is 6.78. The van der Waals surface area contributed by atoms with Crippen molar-refractivity contribution in [2.75, 3.05) is 13.1 Å². The van der Waals surface area contributed by atoms with Gasteiger partial charge in [0, 0.05) is 12.1 Å². The van der Waals surface area contributed by atoms with Crippen LogP contribution in [-0.2, 0) is 4.79 Å². The summed E-state index contributed by atoms with van der Waals surface area (Å²) in [5.41, 5.74) is 0.511. The molecule has 2 aromatic rings. The molecule has 0 spiro atoms. The van der Waals surface area contributed by atoms with Gasteiger partial charge in [0.2, 0.25) is 5.91 Å². The molecule has 21 heavy (non-hydrogen) atoms. The maximum atomic E-state index is 12.0. The summed E-state index contributed by atoms with van der Waals surface area (Å²) in [6.07, 6.45) is -0.606. The number of hydrogen-bond donors (Lipinski definition) is 3. The first-order valence-electron chi connectivity index (χ1n) is 6.78. The molecule has 2 aromatic carbocycles. The molecule has 1 unspecified atom stereocenters. The van der Waals surface area contributed by atoms with Crippen LogP contribution in [0.3, 0.4) is 0 Å². The van der Waals surface area contributed by atoms with Crippen molar-refractivity contribution in [3.05, 3.63) is 48.0 Å². The fourth-order valence-corrected chi connectivity index (χ4v) is 1.92. The molecule has 110 valence electrons. The number of nitrogens with one attached hydrogen (secondary N) is 2. The van der Waals surface area contributed by atoms with E-state index in [9.17, 15) is 9.59 Å². The molecule has 0 radical (unpaired) electrons. The van der Waals surface area contributed by atoms with Gasteiger partial charge in [-0.1, -0.05) is 30.3 Å². The standard InChI is InChI=1S/C16H18N2O3/c1-11(19)9-17-15(20)10-18-16(21)14-7-6-12-4-2-3-5-13(12)8-14/h2-8,11,19H,9-10H2,1H3,(H,17,20)(H,18,21). The number of rotatable bonds is 5. The molecule has 1 atom stereocenters. The molecule has 0 bridgehead atoms. The van der Waals surface area contributed by atoms with Gasteiger partial charge in [0.1, 0.15) is 0 Å². The van der Waals surface area contributed by atoms with Crippen LogP contribution in [0.25, 0.3) is 10.8 Å². The van der Waals surface area contributed by atoms with Gasteiger partial charge in [-0.2, -0.15) is 0 Å². The van der Waals surface area contributed by atoms with E-state index in [1.54, 1.807) is 19.1 Å². The van der Waals surface area contributed by atoms with Gasteiger partial charge in [-0.3, -0.25) is 9.59 Å². The summed E-state index contributed by atoms with van der Waals surface area (Å²) >= 11 is 0. The second kappa shape index (κ2) is 6.85. The van der Waals surface area contributed by atoms with Crippen LogP contribution in [0.1, 0.15) is 17.3 Å². The van der Waals surface area contributed by atoms with Gasteiger partial charge >= 0.3 is 0 Å². The lowest BCUT2D eigenvalue weighted by Crippen LogP contribution is -2.39. The van der Waals surface area contributed by atoms with Crippen LogP contribution in [0.15, 0.2) is 42.5 Å². The fourth-order valence-electron chi connectivity index (χ4n) is 1.92. The summed E-state index contributed by atoms with van der Waals surface area (Å²) in [4.78, 5) is 23.4. The lowest BCUT2D eigenvalue weighted by atomic mass is 10.1. The first kappa shape index (κ1) is 15.0. The SMILES string of the molecule is CC(O)CNC(=O)CNC(=O)c1ccc2ccccc2c1. The summed E-state index contributed by atoms with van der Waals surface area (Å²) < 4.78 is 0. The molecule has 5 heteroatoms. The lowest BCUT2D eigenvalue weighted by Gasteiger charge is -2.08. The maximum absolute atomic E-state index is 12.0. The molecule has 0 aliphatic heterocycles. The maximum Gasteiger partial charge on any atom is 0.251 e. The molecule has 0 aliphatic rings. The van der Waals surface area contributed by atoms with Crippen molar-refractivity contribution in [1.29, 1.82) is 0 Å². The zero-order chi connectivity index (χ0) is 15.2. The van der Waals surface area contributed by atoms with Gasteiger partial charge in [0.15, 0.2) is 0 Å². The summed E-state index contributed by atoms with van der Waals surface area (Å²) in [5, 5.41) is 16.2. The van der Waals surface area contributed by atoms with Crippen LogP contribution < -0.4 is 10.6 Å². The second-order valence-electron chi connectivity index (χ2n) is 4.90. The van der Waals surface area contributed by atoms with Crippen molar-refractivity contribution in [1.82, 2.24) is 10.6 Å². The smallest absolute Gasteiger partial charge is 0.251 e. The predicted molar refractivity (Wildman–Crippen MR) is 81.0 cm³/mol. The molecule has 0 saturated heterocycles. The van der Waals surface area contributed by atoms with Gasteiger partial charge in [-0.25, -0.2) is 0 Å². The van der Waals surface area contributed by atoms with E-state index < -0.39 is 6.10 Å². The summed E-state index contributed by atoms with van der Waals surface area (Å²) in [7, 11) is 0. The van der Waals surface area contributed by atoms with Crippen LogP contribution in [0.2, 0.25) is 0 Å². The van der Waals surface area contributed by atoms with Crippen LogP contribution in [0.4, 0.5) is 0 Å². The highest BCUT2D eigenvalue weighted by molar-refractivity contribution is 5.99. The molecule has 2 rings (SSSR count). The number of carbonyl (C=O) groups is 2. The minimum absolute atomic E-state index is 0.113. The Morgan fingerprint density at radius 1 is 1.10 bits per heavy atom. The van der Waals surface area contributed by atoms with Crippen LogP contribution >= 0.6 is 0 Å². The third-order valence-electron chi connectivity index (χ3n) is 3.02. The van der Waals surface area contributed by atoms with Crippen molar-refractivity contribution in [2.45, 2.75) is 13.0 Å². The number of carbonyl (C=O) groups excluding carboxylic acids is 2.